The van der Waals surface area contributed by atoms with Crippen LogP contribution in [0.1, 0.15) is 17.2 Å². The van der Waals surface area contributed by atoms with Gasteiger partial charge in [0.05, 0.1) is 0 Å². The fraction of sp³-hybridized carbons (Fsp3) is 0.273. The van der Waals surface area contributed by atoms with Crippen LogP contribution in [0, 0.1) is 0 Å². The molecule has 0 unspecified atom stereocenters. The predicted molar refractivity (Wildman–Crippen MR) is 68.0 cm³/mol. The number of ether oxygens (including phenoxy) is 2. The van der Waals surface area contributed by atoms with Crippen molar-refractivity contribution in [1.82, 2.24) is 0 Å². The summed E-state index contributed by atoms with van der Waals surface area (Å²) in [4.78, 5) is 21.8. The summed E-state index contributed by atoms with van der Waals surface area (Å²) in [6.07, 6.45) is -3.34. The van der Waals surface area contributed by atoms with Crippen LogP contribution in [-0.2, 0) is 15.9 Å². The molecule has 0 radical (unpaired) electrons. The van der Waals surface area contributed by atoms with Crippen LogP contribution in [0.4, 0.5) is 9.59 Å². The number of benzene rings is 1. The zero-order chi connectivity index (χ0) is 14.2. The Kier molecular flexibility index (Phi) is 3.73. The largest absolute Gasteiger partial charge is 0.442 e. The molecule has 1 aliphatic carbocycles. The summed E-state index contributed by atoms with van der Waals surface area (Å²) in [6, 6.07) is 3.16. The van der Waals surface area contributed by atoms with Crippen LogP contribution in [0.25, 0.3) is 0 Å². The minimum atomic E-state index is -0.998. The van der Waals surface area contributed by atoms with Gasteiger partial charge in [-0.05, 0) is 17.7 Å². The second-order valence-corrected chi connectivity index (χ2v) is 4.84. The van der Waals surface area contributed by atoms with Crippen LogP contribution < -0.4 is 11.5 Å². The predicted octanol–water partition coefficient (Wildman–Crippen LogP) is 2.15. The van der Waals surface area contributed by atoms with Gasteiger partial charge in [-0.25, -0.2) is 9.59 Å². The van der Waals surface area contributed by atoms with Gasteiger partial charge in [-0.1, -0.05) is 23.2 Å². The maximum Gasteiger partial charge on any atom is 0.405 e. The zero-order valence-corrected chi connectivity index (χ0v) is 11.1. The number of amides is 2. The number of fused-ring (bicyclic) bond motifs is 1. The van der Waals surface area contributed by atoms with E-state index >= 15 is 0 Å². The number of nitrogens with two attached hydrogens (primary N) is 2. The number of hydrogen-bond donors (Lipinski definition) is 2. The van der Waals surface area contributed by atoms with Crippen molar-refractivity contribution >= 4 is 35.4 Å². The van der Waals surface area contributed by atoms with E-state index in [-0.39, 0.29) is 6.42 Å². The summed E-state index contributed by atoms with van der Waals surface area (Å²) in [6.45, 7) is 0. The van der Waals surface area contributed by atoms with E-state index in [9.17, 15) is 9.59 Å². The van der Waals surface area contributed by atoms with Crippen LogP contribution in [-0.4, -0.2) is 18.3 Å². The average Bonchev–Trinajstić information content (AvgIpc) is 2.54. The zero-order valence-electron chi connectivity index (χ0n) is 9.56. The quantitative estimate of drug-likeness (QED) is 0.873. The molecule has 0 saturated carbocycles. The Morgan fingerprint density at radius 3 is 2.37 bits per heavy atom. The van der Waals surface area contributed by atoms with Crippen molar-refractivity contribution in [3.8, 4) is 0 Å². The minimum absolute atomic E-state index is 0.288. The molecule has 0 fully saturated rings. The van der Waals surface area contributed by atoms with Crippen LogP contribution >= 0.6 is 23.2 Å². The third-order valence-corrected chi connectivity index (χ3v) is 3.26. The molecule has 1 aromatic rings. The van der Waals surface area contributed by atoms with E-state index in [1.54, 1.807) is 6.07 Å². The number of hydrogen-bond acceptors (Lipinski definition) is 4. The Bertz CT molecular complexity index is 550. The number of primary amides is 2. The van der Waals surface area contributed by atoms with Crippen molar-refractivity contribution < 1.29 is 19.1 Å². The van der Waals surface area contributed by atoms with E-state index in [1.165, 1.54) is 6.07 Å². The molecule has 0 heterocycles. The monoisotopic (exact) mass is 304 g/mol. The van der Waals surface area contributed by atoms with Gasteiger partial charge in [0.15, 0.2) is 6.10 Å². The second kappa shape index (κ2) is 5.14. The van der Waals surface area contributed by atoms with Gasteiger partial charge in [-0.3, -0.25) is 0 Å². The molecule has 4 N–H and O–H groups in total. The normalized spacial score (nSPS) is 20.7. The molecule has 0 spiro atoms. The average molecular weight is 305 g/mol. The first-order valence-electron chi connectivity index (χ1n) is 5.28. The molecule has 19 heavy (non-hydrogen) atoms. The third-order valence-electron chi connectivity index (χ3n) is 2.73. The number of halogens is 2. The Labute approximate surface area is 118 Å². The van der Waals surface area contributed by atoms with Crippen molar-refractivity contribution in [2.75, 3.05) is 0 Å². The van der Waals surface area contributed by atoms with Crippen molar-refractivity contribution in [3.63, 3.8) is 0 Å². The highest BCUT2D eigenvalue weighted by atomic mass is 35.5. The molecule has 1 aromatic carbocycles. The number of rotatable bonds is 2. The molecule has 2 amide bonds. The van der Waals surface area contributed by atoms with Gasteiger partial charge < -0.3 is 20.9 Å². The molecule has 6 nitrogen and oxygen atoms in total. The Morgan fingerprint density at radius 1 is 1.16 bits per heavy atom. The van der Waals surface area contributed by atoms with E-state index in [0.29, 0.717) is 15.6 Å². The molecular weight excluding hydrogens is 295 g/mol. The molecule has 2 rings (SSSR count). The van der Waals surface area contributed by atoms with Gasteiger partial charge >= 0.3 is 12.2 Å². The van der Waals surface area contributed by atoms with Crippen molar-refractivity contribution in [2.24, 2.45) is 11.5 Å². The fourth-order valence-corrected chi connectivity index (χ4v) is 2.79. The molecule has 1 aliphatic rings. The highest BCUT2D eigenvalue weighted by Gasteiger charge is 2.39. The lowest BCUT2D eigenvalue weighted by molar-refractivity contribution is 0.00577. The van der Waals surface area contributed by atoms with E-state index in [1.807, 2.05) is 0 Å². The summed E-state index contributed by atoms with van der Waals surface area (Å²) in [5.74, 6) is 0. The van der Waals surface area contributed by atoms with Gasteiger partial charge in [0.25, 0.3) is 0 Å². The fourth-order valence-electron chi connectivity index (χ4n) is 2.15. The first-order chi connectivity index (χ1) is 8.88. The molecule has 8 heteroatoms. The molecule has 2 atom stereocenters. The third kappa shape index (κ3) is 2.85. The maximum atomic E-state index is 10.9. The number of carbonyl (C=O) groups excluding carboxylic acids is 2. The van der Waals surface area contributed by atoms with E-state index < -0.39 is 24.4 Å². The first kappa shape index (κ1) is 13.8. The van der Waals surface area contributed by atoms with Crippen LogP contribution in [0.15, 0.2) is 12.1 Å². The lowest BCUT2D eigenvalue weighted by atomic mass is 10.1. The van der Waals surface area contributed by atoms with Crippen LogP contribution in [0.3, 0.4) is 0 Å². The molecule has 0 aromatic heterocycles. The summed E-state index contributed by atoms with van der Waals surface area (Å²) in [7, 11) is 0. The smallest absolute Gasteiger partial charge is 0.405 e. The summed E-state index contributed by atoms with van der Waals surface area (Å²) in [5.41, 5.74) is 11.2. The lowest BCUT2D eigenvalue weighted by Crippen LogP contribution is -2.30. The van der Waals surface area contributed by atoms with Crippen LogP contribution in [0.2, 0.25) is 10.0 Å². The Hall–Kier alpha value is -1.66. The summed E-state index contributed by atoms with van der Waals surface area (Å²) in [5, 5.41) is 0.741. The summed E-state index contributed by atoms with van der Waals surface area (Å²) < 4.78 is 9.86. The van der Waals surface area contributed by atoms with Crippen molar-refractivity contribution in [1.29, 1.82) is 0 Å². The molecular formula is C11H10Cl2N2O4. The SMILES string of the molecule is NC(=O)O[C@@H]1Cc2cc(Cl)cc(Cl)c2[C@@H]1OC(N)=O. The van der Waals surface area contributed by atoms with E-state index in [0.717, 1.165) is 5.56 Å². The van der Waals surface area contributed by atoms with Crippen LogP contribution in [0.5, 0.6) is 0 Å². The molecule has 0 aliphatic heterocycles. The van der Waals surface area contributed by atoms with Crippen molar-refractivity contribution in [3.05, 3.63) is 33.3 Å². The van der Waals surface area contributed by atoms with E-state index in [2.05, 4.69) is 0 Å². The number of carbonyl (C=O) groups is 2. The van der Waals surface area contributed by atoms with Gasteiger partial charge in [0.1, 0.15) is 6.10 Å². The lowest BCUT2D eigenvalue weighted by Gasteiger charge is -2.19. The van der Waals surface area contributed by atoms with Crippen molar-refractivity contribution in [2.45, 2.75) is 18.6 Å². The van der Waals surface area contributed by atoms with E-state index in [4.69, 9.17) is 44.1 Å². The highest BCUT2D eigenvalue weighted by Crippen LogP contribution is 2.41. The molecule has 0 bridgehead atoms. The maximum absolute atomic E-state index is 10.9. The van der Waals surface area contributed by atoms with Gasteiger partial charge in [0.2, 0.25) is 0 Å². The highest BCUT2D eigenvalue weighted by molar-refractivity contribution is 6.35. The topological polar surface area (TPSA) is 105 Å². The molecule has 102 valence electrons. The molecule has 0 saturated heterocycles. The Morgan fingerprint density at radius 2 is 1.79 bits per heavy atom. The van der Waals surface area contributed by atoms with Gasteiger partial charge in [-0.2, -0.15) is 0 Å². The first-order valence-corrected chi connectivity index (χ1v) is 6.04. The summed E-state index contributed by atoms with van der Waals surface area (Å²) >= 11 is 12.0. The minimum Gasteiger partial charge on any atom is -0.442 e. The standard InChI is InChI=1S/C11H10Cl2N2O4/c12-5-1-4-2-7(18-10(14)16)9(19-11(15)17)8(4)6(13)3-5/h1,3,7,9H,2H2,(H2,14,16)(H2,15,17)/t7-,9-/m1/s1. The second-order valence-electron chi connectivity index (χ2n) is 4.00. The van der Waals surface area contributed by atoms with Gasteiger partial charge in [-0.15, -0.1) is 0 Å². The van der Waals surface area contributed by atoms with Gasteiger partial charge in [0, 0.05) is 22.0 Å². The Balaban J connectivity index is 2.40.